The zero-order valence-electron chi connectivity index (χ0n) is 17.6. The molecule has 0 radical (unpaired) electrons. The first-order chi connectivity index (χ1) is 15.8. The van der Waals surface area contributed by atoms with Crippen LogP contribution in [-0.4, -0.2) is 4.57 Å². The van der Waals surface area contributed by atoms with Gasteiger partial charge >= 0.3 is 0 Å². The van der Waals surface area contributed by atoms with Crippen molar-refractivity contribution in [3.8, 4) is 27.9 Å². The number of aromatic nitrogens is 1. The average molecular weight is 427 g/mol. The molecule has 0 aliphatic heterocycles. The zero-order chi connectivity index (χ0) is 21.5. The van der Waals surface area contributed by atoms with Gasteiger partial charge in [-0.15, -0.1) is 0 Å². The van der Waals surface area contributed by atoms with Crippen LogP contribution < -0.4 is 5.73 Å². The van der Waals surface area contributed by atoms with Crippen LogP contribution in [0.2, 0.25) is 0 Å². The number of nitrogen functional groups attached to an aromatic ring is 1. The van der Waals surface area contributed by atoms with Gasteiger partial charge in [-0.2, -0.15) is 0 Å². The summed E-state index contributed by atoms with van der Waals surface area (Å²) < 4.78 is 2.35. The Balaban J connectivity index is 0.00000228. The van der Waals surface area contributed by atoms with Gasteiger partial charge in [0, 0.05) is 22.1 Å². The van der Waals surface area contributed by atoms with E-state index in [1.165, 1.54) is 49.7 Å². The Morgan fingerprint density at radius 3 is 1.45 bits per heavy atom. The third-order valence-electron chi connectivity index (χ3n) is 6.13. The minimum Gasteiger partial charge on any atom is -0.399 e. The molecule has 0 spiro atoms. The van der Waals surface area contributed by atoms with Gasteiger partial charge in [-0.1, -0.05) is 80.2 Å². The second-order valence-electron chi connectivity index (χ2n) is 8.12. The molecule has 0 bridgehead atoms. The van der Waals surface area contributed by atoms with E-state index >= 15 is 0 Å². The number of hydrogen-bond acceptors (Lipinski definition) is 1. The van der Waals surface area contributed by atoms with Crippen molar-refractivity contribution in [2.45, 2.75) is 7.43 Å². The van der Waals surface area contributed by atoms with E-state index in [0.29, 0.717) is 0 Å². The van der Waals surface area contributed by atoms with Gasteiger partial charge in [-0.25, -0.2) is 0 Å². The van der Waals surface area contributed by atoms with Crippen molar-refractivity contribution in [3.05, 3.63) is 121 Å². The second kappa shape index (κ2) is 8.33. The van der Waals surface area contributed by atoms with E-state index in [4.69, 9.17) is 5.73 Å². The summed E-state index contributed by atoms with van der Waals surface area (Å²) in [4.78, 5) is 0. The minimum absolute atomic E-state index is 0. The molecule has 6 aromatic rings. The van der Waals surface area contributed by atoms with Gasteiger partial charge in [-0.05, 0) is 70.8 Å². The molecule has 0 saturated heterocycles. The smallest absolute Gasteiger partial charge is 0.0541 e. The SMILES string of the molecule is C.Nc1ccc(-c2ccc3c(c2)c2cc(-c4ccccc4)ccc2n3-c2ccccc2)cc1. The van der Waals surface area contributed by atoms with Crippen LogP contribution in [0, 0.1) is 0 Å². The van der Waals surface area contributed by atoms with E-state index < -0.39 is 0 Å². The van der Waals surface area contributed by atoms with Crippen LogP contribution in [0.1, 0.15) is 7.43 Å². The van der Waals surface area contributed by atoms with E-state index in [1.54, 1.807) is 0 Å². The van der Waals surface area contributed by atoms with Gasteiger partial charge in [0.05, 0.1) is 11.0 Å². The Hall–Kier alpha value is -4.30. The number of rotatable bonds is 3. The summed E-state index contributed by atoms with van der Waals surface area (Å²) in [6, 6.07) is 42.7. The molecule has 1 aromatic heterocycles. The van der Waals surface area contributed by atoms with Crippen LogP contribution in [-0.2, 0) is 0 Å². The van der Waals surface area contributed by atoms with Crippen molar-refractivity contribution in [2.75, 3.05) is 5.73 Å². The number of nitrogens with zero attached hydrogens (tertiary/aromatic N) is 1. The number of benzene rings is 5. The molecule has 0 aliphatic rings. The molecule has 1 heterocycles. The largest absolute Gasteiger partial charge is 0.399 e. The third-order valence-corrected chi connectivity index (χ3v) is 6.13. The van der Waals surface area contributed by atoms with Gasteiger partial charge in [0.25, 0.3) is 0 Å². The number of anilines is 1. The topological polar surface area (TPSA) is 30.9 Å². The van der Waals surface area contributed by atoms with Crippen molar-refractivity contribution in [2.24, 2.45) is 0 Å². The van der Waals surface area contributed by atoms with Crippen molar-refractivity contribution in [1.29, 1.82) is 0 Å². The normalized spacial score (nSPS) is 10.9. The molecule has 0 saturated carbocycles. The highest BCUT2D eigenvalue weighted by molar-refractivity contribution is 6.11. The quantitative estimate of drug-likeness (QED) is 0.283. The van der Waals surface area contributed by atoms with E-state index in [-0.39, 0.29) is 7.43 Å². The number of fused-ring (bicyclic) bond motifs is 3. The molecule has 2 N–H and O–H groups in total. The summed E-state index contributed by atoms with van der Waals surface area (Å²) in [6.07, 6.45) is 0. The first-order valence-corrected chi connectivity index (χ1v) is 10.8. The summed E-state index contributed by atoms with van der Waals surface area (Å²) in [5.74, 6) is 0. The molecule has 0 unspecified atom stereocenters. The minimum atomic E-state index is 0. The van der Waals surface area contributed by atoms with E-state index in [9.17, 15) is 0 Å². The van der Waals surface area contributed by atoms with Crippen molar-refractivity contribution >= 4 is 27.5 Å². The summed E-state index contributed by atoms with van der Waals surface area (Å²) in [5, 5.41) is 2.50. The Morgan fingerprint density at radius 2 is 0.909 bits per heavy atom. The van der Waals surface area contributed by atoms with Gasteiger partial charge in [0.2, 0.25) is 0 Å². The predicted molar refractivity (Wildman–Crippen MR) is 143 cm³/mol. The van der Waals surface area contributed by atoms with E-state index in [1.807, 2.05) is 12.1 Å². The van der Waals surface area contributed by atoms with Crippen molar-refractivity contribution in [3.63, 3.8) is 0 Å². The van der Waals surface area contributed by atoms with Gasteiger partial charge < -0.3 is 10.3 Å². The summed E-state index contributed by atoms with van der Waals surface area (Å²) >= 11 is 0. The summed E-state index contributed by atoms with van der Waals surface area (Å²) in [7, 11) is 0. The summed E-state index contributed by atoms with van der Waals surface area (Å²) in [6.45, 7) is 0. The lowest BCUT2D eigenvalue weighted by molar-refractivity contribution is 1.18. The van der Waals surface area contributed by atoms with Crippen molar-refractivity contribution < 1.29 is 0 Å². The fraction of sp³-hybridized carbons (Fsp3) is 0.0323. The highest BCUT2D eigenvalue weighted by Gasteiger charge is 2.14. The first kappa shape index (κ1) is 20.6. The lowest BCUT2D eigenvalue weighted by Gasteiger charge is -2.08. The maximum Gasteiger partial charge on any atom is 0.0541 e. The van der Waals surface area contributed by atoms with Crippen LogP contribution in [0.5, 0.6) is 0 Å². The zero-order valence-corrected chi connectivity index (χ0v) is 17.6. The molecule has 0 aliphatic carbocycles. The van der Waals surface area contributed by atoms with Crippen LogP contribution in [0.4, 0.5) is 5.69 Å². The molecule has 2 nitrogen and oxygen atoms in total. The molecule has 2 heteroatoms. The van der Waals surface area contributed by atoms with Crippen molar-refractivity contribution in [1.82, 2.24) is 4.57 Å². The highest BCUT2D eigenvalue weighted by Crippen LogP contribution is 2.37. The molecular weight excluding hydrogens is 400 g/mol. The number of para-hydroxylation sites is 1. The number of nitrogens with two attached hydrogens (primary N) is 1. The maximum absolute atomic E-state index is 5.91. The molecule has 160 valence electrons. The Labute approximate surface area is 194 Å². The Bertz CT molecular complexity index is 1540. The van der Waals surface area contributed by atoms with Gasteiger partial charge in [0.15, 0.2) is 0 Å². The standard InChI is InChI=1S/C30H22N2.CH4/c31-25-15-11-22(12-16-25)24-14-18-30-28(20-24)27-19-23(21-7-3-1-4-8-21)13-17-29(27)32(30)26-9-5-2-6-10-26;/h1-20H,31H2;1H4. The second-order valence-corrected chi connectivity index (χ2v) is 8.12. The molecular formula is C31H26N2. The van der Waals surface area contributed by atoms with E-state index in [0.717, 1.165) is 5.69 Å². The third kappa shape index (κ3) is 3.56. The lowest BCUT2D eigenvalue weighted by atomic mass is 10.0. The van der Waals surface area contributed by atoms with Crippen LogP contribution in [0.3, 0.4) is 0 Å². The molecule has 0 atom stereocenters. The monoisotopic (exact) mass is 426 g/mol. The Morgan fingerprint density at radius 1 is 0.455 bits per heavy atom. The fourth-order valence-electron chi connectivity index (χ4n) is 4.54. The Kier molecular flexibility index (Phi) is 5.20. The molecule has 0 fully saturated rings. The van der Waals surface area contributed by atoms with Gasteiger partial charge in [0.1, 0.15) is 0 Å². The van der Waals surface area contributed by atoms with Gasteiger partial charge in [-0.3, -0.25) is 0 Å². The molecule has 0 amide bonds. The van der Waals surface area contributed by atoms with E-state index in [2.05, 4.69) is 114 Å². The average Bonchev–Trinajstić information content (AvgIpc) is 3.18. The van der Waals surface area contributed by atoms with Crippen LogP contribution in [0.15, 0.2) is 121 Å². The lowest BCUT2D eigenvalue weighted by Crippen LogP contribution is -1.93. The molecule has 33 heavy (non-hydrogen) atoms. The molecule has 5 aromatic carbocycles. The highest BCUT2D eigenvalue weighted by atomic mass is 15.0. The molecule has 6 rings (SSSR count). The fourth-order valence-corrected chi connectivity index (χ4v) is 4.54. The van der Waals surface area contributed by atoms with Crippen LogP contribution in [0.25, 0.3) is 49.7 Å². The van der Waals surface area contributed by atoms with Crippen LogP contribution >= 0.6 is 0 Å². The first-order valence-electron chi connectivity index (χ1n) is 10.8. The maximum atomic E-state index is 5.91. The summed E-state index contributed by atoms with van der Waals surface area (Å²) in [5.41, 5.74) is 15.1. The predicted octanol–water partition coefficient (Wildman–Crippen LogP) is 8.34. The number of hydrogen-bond donors (Lipinski definition) is 1.